The number of nitrogens with one attached hydrogen (secondary N) is 2. The van der Waals surface area contributed by atoms with E-state index < -0.39 is 47.5 Å². The fourth-order valence-corrected chi connectivity index (χ4v) is 2.81. The lowest BCUT2D eigenvalue weighted by atomic mass is 10.1. The molecule has 2 aromatic carbocycles. The number of quaternary nitrogens is 1. The van der Waals surface area contributed by atoms with Gasteiger partial charge in [-0.25, -0.2) is 13.2 Å². The third kappa shape index (κ3) is 5.71. The number of para-hydroxylation sites is 1. The van der Waals surface area contributed by atoms with Crippen molar-refractivity contribution in [2.75, 3.05) is 19.0 Å². The molecule has 6 nitrogen and oxygen atoms in total. The fourth-order valence-electron chi connectivity index (χ4n) is 2.81. The van der Waals surface area contributed by atoms with Gasteiger partial charge in [0.25, 0.3) is 5.91 Å². The average Bonchev–Trinajstić information content (AvgIpc) is 2.72. The van der Waals surface area contributed by atoms with Crippen LogP contribution in [0.1, 0.15) is 25.5 Å². The minimum absolute atomic E-state index is 0.0861. The van der Waals surface area contributed by atoms with Gasteiger partial charge in [0.05, 0.1) is 24.9 Å². The van der Waals surface area contributed by atoms with E-state index in [1.165, 1.54) is 0 Å². The first-order valence-corrected chi connectivity index (χ1v) is 8.93. The summed E-state index contributed by atoms with van der Waals surface area (Å²) in [6.45, 7) is 3.15. The summed E-state index contributed by atoms with van der Waals surface area (Å²) in [5.74, 6) is -5.02. The zero-order chi connectivity index (χ0) is 21.6. The summed E-state index contributed by atoms with van der Waals surface area (Å²) >= 11 is 0. The molecule has 0 heterocycles. The highest BCUT2D eigenvalue weighted by atomic mass is 19.2. The number of carbonyl (C=O) groups excluding carboxylic acids is 2. The first-order valence-electron chi connectivity index (χ1n) is 8.93. The number of nitrogens with two attached hydrogens (primary N) is 1. The quantitative estimate of drug-likeness (QED) is 0.581. The molecule has 2 aromatic rings. The van der Waals surface area contributed by atoms with E-state index >= 15 is 0 Å². The van der Waals surface area contributed by atoms with Gasteiger partial charge in [-0.05, 0) is 38.1 Å². The molecular formula is C20H23F3N3O3+. The molecule has 0 radical (unpaired) electrons. The first kappa shape index (κ1) is 22.2. The third-order valence-electron chi connectivity index (χ3n) is 4.35. The van der Waals surface area contributed by atoms with Crippen LogP contribution in [0.2, 0.25) is 0 Å². The number of ether oxygens (including phenoxy) is 1. The zero-order valence-corrected chi connectivity index (χ0v) is 16.3. The van der Waals surface area contributed by atoms with E-state index in [1.807, 2.05) is 31.2 Å². The van der Waals surface area contributed by atoms with Crippen molar-refractivity contribution in [3.05, 3.63) is 59.4 Å². The molecule has 0 bridgehead atoms. The van der Waals surface area contributed by atoms with E-state index in [0.29, 0.717) is 11.8 Å². The second-order valence-electron chi connectivity index (χ2n) is 6.50. The molecule has 2 amide bonds. The van der Waals surface area contributed by atoms with Gasteiger partial charge in [0.2, 0.25) is 5.91 Å². The van der Waals surface area contributed by atoms with Crippen molar-refractivity contribution in [2.45, 2.75) is 25.9 Å². The first-order chi connectivity index (χ1) is 13.7. The Morgan fingerprint density at radius 2 is 1.76 bits per heavy atom. The number of anilines is 1. The van der Waals surface area contributed by atoms with Gasteiger partial charge in [0, 0.05) is 0 Å². The Balaban J connectivity index is 1.88. The third-order valence-corrected chi connectivity index (χ3v) is 4.35. The number of rotatable bonds is 8. The lowest BCUT2D eigenvalue weighted by Crippen LogP contribution is -2.92. The normalized spacial score (nSPS) is 12.8. The van der Waals surface area contributed by atoms with E-state index in [-0.39, 0.29) is 6.04 Å². The van der Waals surface area contributed by atoms with Gasteiger partial charge in [-0.15, -0.1) is 0 Å². The van der Waals surface area contributed by atoms with Crippen LogP contribution in [0.4, 0.5) is 18.9 Å². The van der Waals surface area contributed by atoms with Gasteiger partial charge in [-0.2, -0.15) is 0 Å². The predicted molar refractivity (Wildman–Crippen MR) is 101 cm³/mol. The van der Waals surface area contributed by atoms with Crippen molar-refractivity contribution in [3.63, 3.8) is 0 Å². The molecule has 2 atom stereocenters. The van der Waals surface area contributed by atoms with Crippen LogP contribution in [0.3, 0.4) is 0 Å². The van der Waals surface area contributed by atoms with E-state index in [2.05, 4.69) is 10.6 Å². The molecule has 0 saturated carbocycles. The summed E-state index contributed by atoms with van der Waals surface area (Å²) in [5.41, 5.74) is 0.411. The molecule has 0 fully saturated rings. The zero-order valence-electron chi connectivity index (χ0n) is 16.3. The number of amides is 2. The summed E-state index contributed by atoms with van der Waals surface area (Å²) in [6, 6.07) is 8.43. The number of hydrogen-bond acceptors (Lipinski definition) is 3. The summed E-state index contributed by atoms with van der Waals surface area (Å²) < 4.78 is 45.0. The van der Waals surface area contributed by atoms with E-state index in [9.17, 15) is 22.8 Å². The monoisotopic (exact) mass is 410 g/mol. The molecule has 0 aliphatic carbocycles. The van der Waals surface area contributed by atoms with Gasteiger partial charge in [-0.1, -0.05) is 12.1 Å². The minimum atomic E-state index is -1.68. The second kappa shape index (κ2) is 9.92. The van der Waals surface area contributed by atoms with Crippen molar-refractivity contribution in [1.82, 2.24) is 5.32 Å². The Kier molecular flexibility index (Phi) is 7.60. The largest absolute Gasteiger partial charge is 0.496 e. The van der Waals surface area contributed by atoms with E-state index in [0.717, 1.165) is 11.6 Å². The van der Waals surface area contributed by atoms with Crippen molar-refractivity contribution in [1.29, 1.82) is 0 Å². The smallest absolute Gasteiger partial charge is 0.278 e. The molecule has 0 aliphatic rings. The lowest BCUT2D eigenvalue weighted by molar-refractivity contribution is -0.710. The molecule has 0 spiro atoms. The maximum absolute atomic E-state index is 13.6. The molecule has 0 aliphatic heterocycles. The highest BCUT2D eigenvalue weighted by Gasteiger charge is 2.23. The number of benzene rings is 2. The highest BCUT2D eigenvalue weighted by Crippen LogP contribution is 2.22. The lowest BCUT2D eigenvalue weighted by Gasteiger charge is -2.18. The van der Waals surface area contributed by atoms with E-state index in [1.54, 1.807) is 19.4 Å². The molecule has 0 aromatic heterocycles. The summed E-state index contributed by atoms with van der Waals surface area (Å²) in [7, 11) is 1.57. The van der Waals surface area contributed by atoms with Crippen LogP contribution in [0.25, 0.3) is 0 Å². The minimum Gasteiger partial charge on any atom is -0.496 e. The maximum Gasteiger partial charge on any atom is 0.278 e. The summed E-state index contributed by atoms with van der Waals surface area (Å²) in [6.07, 6.45) is 0. The number of hydrogen-bond donors (Lipinski definition) is 3. The van der Waals surface area contributed by atoms with E-state index in [4.69, 9.17) is 4.74 Å². The highest BCUT2D eigenvalue weighted by molar-refractivity contribution is 5.95. The molecular weight excluding hydrogens is 387 g/mol. The topological polar surface area (TPSA) is 84.0 Å². The summed E-state index contributed by atoms with van der Waals surface area (Å²) in [5, 5.41) is 6.33. The molecule has 4 N–H and O–H groups in total. The van der Waals surface area contributed by atoms with Crippen LogP contribution >= 0.6 is 0 Å². The summed E-state index contributed by atoms with van der Waals surface area (Å²) in [4.78, 5) is 24.1. The van der Waals surface area contributed by atoms with Crippen LogP contribution in [-0.2, 0) is 9.59 Å². The van der Waals surface area contributed by atoms with Gasteiger partial charge < -0.3 is 20.7 Å². The maximum atomic E-state index is 13.6. The van der Waals surface area contributed by atoms with Crippen LogP contribution < -0.4 is 20.7 Å². The average molecular weight is 410 g/mol. The molecule has 0 unspecified atom stereocenters. The van der Waals surface area contributed by atoms with Crippen LogP contribution in [0, 0.1) is 17.5 Å². The van der Waals surface area contributed by atoms with Crippen LogP contribution in [0.5, 0.6) is 5.75 Å². The number of carbonyl (C=O) groups is 2. The molecule has 0 saturated heterocycles. The van der Waals surface area contributed by atoms with Crippen molar-refractivity contribution in [3.8, 4) is 5.75 Å². The van der Waals surface area contributed by atoms with Crippen molar-refractivity contribution >= 4 is 17.5 Å². The molecule has 9 heteroatoms. The Bertz CT molecular complexity index is 893. The SMILES string of the molecule is COc1ccccc1[C@H](C)[NH2+][C@@H](C)C(=O)NCC(=O)Nc1ccc(F)c(F)c1F. The van der Waals surface area contributed by atoms with Crippen LogP contribution in [-0.4, -0.2) is 31.5 Å². The van der Waals surface area contributed by atoms with Crippen LogP contribution in [0.15, 0.2) is 36.4 Å². The standard InChI is InChI=1S/C20H22F3N3O3/c1-11(13-6-4-5-7-16(13)29-3)25-12(2)20(28)24-10-17(27)26-15-9-8-14(21)18(22)19(15)23/h4-9,11-12,25H,10H2,1-3H3,(H,24,28)(H,26,27)/p+1/t11-,12-/m0/s1. The molecule has 156 valence electrons. The molecule has 29 heavy (non-hydrogen) atoms. The Hall–Kier alpha value is -3.07. The molecule has 2 rings (SSSR count). The number of halogens is 3. The fraction of sp³-hybridized carbons (Fsp3) is 0.300. The van der Waals surface area contributed by atoms with Gasteiger partial charge in [0.1, 0.15) is 11.8 Å². The van der Waals surface area contributed by atoms with Gasteiger partial charge in [-0.3, -0.25) is 9.59 Å². The number of methoxy groups -OCH3 is 1. The predicted octanol–water partition coefficient (Wildman–Crippen LogP) is 1.88. The Morgan fingerprint density at radius 1 is 1.07 bits per heavy atom. The van der Waals surface area contributed by atoms with Crippen molar-refractivity contribution < 1.29 is 32.8 Å². The van der Waals surface area contributed by atoms with Gasteiger partial charge >= 0.3 is 0 Å². The van der Waals surface area contributed by atoms with Gasteiger partial charge in [0.15, 0.2) is 23.5 Å². The Morgan fingerprint density at radius 3 is 2.45 bits per heavy atom. The van der Waals surface area contributed by atoms with Crippen molar-refractivity contribution in [2.24, 2.45) is 0 Å². The Labute approximate surface area is 166 Å². The second-order valence-corrected chi connectivity index (χ2v) is 6.50.